The molecule has 13 heteroatoms. The minimum atomic E-state index is -3.15. The highest BCUT2D eigenvalue weighted by atomic mass is 19.3. The summed E-state index contributed by atoms with van der Waals surface area (Å²) in [6, 6.07) is 10.4. The molecule has 1 aliphatic carbocycles. The first-order chi connectivity index (χ1) is 19.5. The van der Waals surface area contributed by atoms with Crippen molar-refractivity contribution in [2.45, 2.75) is 31.8 Å². The summed E-state index contributed by atoms with van der Waals surface area (Å²) in [6.45, 7) is -5.95. The van der Waals surface area contributed by atoms with Crippen LogP contribution in [0.4, 0.5) is 30.4 Å². The van der Waals surface area contributed by atoms with Gasteiger partial charge in [-0.15, -0.1) is 5.10 Å². The minimum absolute atomic E-state index is 0.00514. The average Bonchev–Trinajstić information content (AvgIpc) is 3.44. The number of imidazole rings is 1. The molecule has 1 amide bonds. The molecule has 1 aromatic carbocycles. The maximum atomic E-state index is 13.5. The van der Waals surface area contributed by atoms with Crippen molar-refractivity contribution in [1.82, 2.24) is 24.9 Å². The fourth-order valence-electron chi connectivity index (χ4n) is 3.72. The normalized spacial score (nSPS) is 17.9. The number of carbonyl (C=O) groups excluding carboxylic acids is 1. The van der Waals surface area contributed by atoms with Crippen LogP contribution < -0.4 is 25.0 Å². The predicted molar refractivity (Wildman–Crippen MR) is 133 cm³/mol. The van der Waals surface area contributed by atoms with Gasteiger partial charge in [-0.05, 0) is 29.8 Å². The van der Waals surface area contributed by atoms with Crippen molar-refractivity contribution < 1.29 is 31.6 Å². The van der Waals surface area contributed by atoms with Crippen molar-refractivity contribution in [2.75, 3.05) is 24.3 Å². The molecular weight excluding hydrogens is 503 g/mol. The standard InChI is InChI=1S/C25H24F3N7O3/c1-34(13-14-5-7-15(37-2)8-6-14)19-11-21(31-17-4-3-9-29-24(17)38-25(27)28)33-35-20(12-30-22(19)35)23(36)32-18-10-16(18)26/h3-9,11-12,16,18,25H,10,13H2,1-2H3,(H,31,33)(H,32,36)/t16-,18+/m0/s1/i1D3. The molecule has 3 aromatic heterocycles. The van der Waals surface area contributed by atoms with Gasteiger partial charge in [-0.25, -0.2) is 18.9 Å². The fourth-order valence-corrected chi connectivity index (χ4v) is 3.72. The highest BCUT2D eigenvalue weighted by Crippen LogP contribution is 2.30. The maximum absolute atomic E-state index is 13.5. The molecule has 0 spiro atoms. The van der Waals surface area contributed by atoms with Gasteiger partial charge in [-0.1, -0.05) is 12.1 Å². The van der Waals surface area contributed by atoms with Gasteiger partial charge in [-0.2, -0.15) is 8.78 Å². The van der Waals surface area contributed by atoms with Gasteiger partial charge in [0.15, 0.2) is 17.2 Å². The Kier molecular flexibility index (Phi) is 5.91. The number of anilines is 3. The zero-order valence-electron chi connectivity index (χ0n) is 22.9. The summed E-state index contributed by atoms with van der Waals surface area (Å²) in [6.07, 6.45) is 1.47. The van der Waals surface area contributed by atoms with Gasteiger partial charge in [0.05, 0.1) is 25.0 Å². The summed E-state index contributed by atoms with van der Waals surface area (Å²) >= 11 is 0. The van der Waals surface area contributed by atoms with Gasteiger partial charge in [0.2, 0.25) is 5.88 Å². The molecule has 0 unspecified atom stereocenters. The molecule has 0 radical (unpaired) electrons. The number of alkyl halides is 3. The number of pyridine rings is 1. The van der Waals surface area contributed by atoms with Crippen LogP contribution in [0.3, 0.4) is 0 Å². The van der Waals surface area contributed by atoms with Crippen molar-refractivity contribution in [3.63, 3.8) is 0 Å². The van der Waals surface area contributed by atoms with E-state index in [1.165, 1.54) is 37.7 Å². The summed E-state index contributed by atoms with van der Waals surface area (Å²) in [5, 5.41) is 9.72. The Hall–Kier alpha value is -4.55. The number of rotatable bonds is 10. The number of hydrogen-bond acceptors (Lipinski definition) is 8. The number of aromatic nitrogens is 4. The van der Waals surface area contributed by atoms with Gasteiger partial charge in [0, 0.05) is 36.3 Å². The van der Waals surface area contributed by atoms with Gasteiger partial charge >= 0.3 is 6.61 Å². The van der Waals surface area contributed by atoms with Crippen molar-refractivity contribution in [2.24, 2.45) is 0 Å². The van der Waals surface area contributed by atoms with Crippen LogP contribution in [-0.2, 0) is 6.54 Å². The Morgan fingerprint density at radius 1 is 1.29 bits per heavy atom. The third-order valence-electron chi connectivity index (χ3n) is 5.74. The summed E-state index contributed by atoms with van der Waals surface area (Å²) in [7, 11) is 1.51. The monoisotopic (exact) mass is 530 g/mol. The van der Waals surface area contributed by atoms with Crippen LogP contribution in [0, 0.1) is 0 Å². The number of carbonyl (C=O) groups is 1. The van der Waals surface area contributed by atoms with Gasteiger partial charge in [0.1, 0.15) is 17.6 Å². The van der Waals surface area contributed by atoms with Crippen LogP contribution in [0.25, 0.3) is 5.65 Å². The second kappa shape index (κ2) is 10.4. The van der Waals surface area contributed by atoms with Gasteiger partial charge < -0.3 is 25.0 Å². The second-order valence-electron chi connectivity index (χ2n) is 8.42. The Morgan fingerprint density at radius 2 is 2.08 bits per heavy atom. The minimum Gasteiger partial charge on any atom is -0.497 e. The molecule has 2 N–H and O–H groups in total. The number of ether oxygens (including phenoxy) is 2. The molecule has 38 heavy (non-hydrogen) atoms. The van der Waals surface area contributed by atoms with Crippen LogP contribution in [0.15, 0.2) is 54.9 Å². The van der Waals surface area contributed by atoms with Crippen molar-refractivity contribution in [3.8, 4) is 11.6 Å². The van der Waals surface area contributed by atoms with Gasteiger partial charge in [0.25, 0.3) is 5.91 Å². The van der Waals surface area contributed by atoms with E-state index in [9.17, 15) is 18.0 Å². The molecule has 0 aliphatic heterocycles. The average molecular weight is 531 g/mol. The zero-order valence-corrected chi connectivity index (χ0v) is 19.9. The van der Waals surface area contributed by atoms with Crippen LogP contribution >= 0.6 is 0 Å². The number of amides is 1. The van der Waals surface area contributed by atoms with Crippen LogP contribution in [0.2, 0.25) is 0 Å². The molecule has 10 nitrogen and oxygen atoms in total. The van der Waals surface area contributed by atoms with E-state index >= 15 is 0 Å². The third-order valence-corrected chi connectivity index (χ3v) is 5.74. The molecule has 1 saturated carbocycles. The molecule has 0 saturated heterocycles. The zero-order chi connectivity index (χ0) is 29.3. The van der Waals surface area contributed by atoms with E-state index in [-0.39, 0.29) is 41.5 Å². The van der Waals surface area contributed by atoms with Crippen molar-refractivity contribution >= 4 is 28.7 Å². The lowest BCUT2D eigenvalue weighted by molar-refractivity contribution is -0.0523. The number of hydrogen-bond donors (Lipinski definition) is 2. The van der Waals surface area contributed by atoms with Gasteiger partial charge in [-0.3, -0.25) is 4.79 Å². The Morgan fingerprint density at radius 3 is 2.76 bits per heavy atom. The predicted octanol–water partition coefficient (Wildman–Crippen LogP) is 3.95. The number of nitrogens with one attached hydrogen (secondary N) is 2. The largest absolute Gasteiger partial charge is 0.497 e. The Balaban J connectivity index is 1.61. The van der Waals surface area contributed by atoms with E-state index in [0.717, 1.165) is 9.42 Å². The van der Waals surface area contributed by atoms with Crippen LogP contribution in [-0.4, -0.2) is 58.4 Å². The number of fused-ring (bicyclic) bond motifs is 1. The Bertz CT molecular complexity index is 1550. The number of nitrogens with zero attached hydrogens (tertiary/aromatic N) is 5. The molecule has 3 heterocycles. The lowest BCUT2D eigenvalue weighted by atomic mass is 10.2. The smallest absolute Gasteiger partial charge is 0.388 e. The highest BCUT2D eigenvalue weighted by Gasteiger charge is 2.39. The SMILES string of the molecule is [2H]C([2H])([2H])N(Cc1ccc(OC)cc1)c1cc(Nc2cccnc2OC(F)F)nn2c(C(=O)N[C@@H]3C[C@@H]3F)cnc12. The maximum Gasteiger partial charge on any atom is 0.388 e. The first-order valence-corrected chi connectivity index (χ1v) is 11.4. The van der Waals surface area contributed by atoms with Crippen LogP contribution in [0.1, 0.15) is 26.6 Å². The van der Waals surface area contributed by atoms with E-state index in [1.807, 2.05) is 0 Å². The molecule has 4 aromatic rings. The molecule has 1 fully saturated rings. The lowest BCUT2D eigenvalue weighted by Gasteiger charge is -2.21. The lowest BCUT2D eigenvalue weighted by Crippen LogP contribution is -2.28. The summed E-state index contributed by atoms with van der Waals surface area (Å²) in [5.41, 5.74) is 0.610. The van der Waals surface area contributed by atoms with E-state index in [4.69, 9.17) is 8.85 Å². The first kappa shape index (κ1) is 21.5. The summed E-state index contributed by atoms with van der Waals surface area (Å²) < 4.78 is 75.0. The quantitative estimate of drug-likeness (QED) is 0.318. The molecule has 0 bridgehead atoms. The number of halogens is 3. The van der Waals surface area contributed by atoms with E-state index in [2.05, 4.69) is 30.4 Å². The highest BCUT2D eigenvalue weighted by molar-refractivity contribution is 5.94. The van der Waals surface area contributed by atoms with Crippen molar-refractivity contribution in [3.05, 3.63) is 66.1 Å². The topological polar surface area (TPSA) is 106 Å². The summed E-state index contributed by atoms with van der Waals surface area (Å²) in [5.74, 6) is -0.550. The molecule has 198 valence electrons. The second-order valence-corrected chi connectivity index (χ2v) is 8.42. The molecule has 5 rings (SSSR count). The van der Waals surface area contributed by atoms with Crippen molar-refractivity contribution in [1.29, 1.82) is 0 Å². The van der Waals surface area contributed by atoms with Crippen LogP contribution in [0.5, 0.6) is 11.6 Å². The molecule has 1 aliphatic rings. The first-order valence-electron chi connectivity index (χ1n) is 12.9. The Labute approximate surface area is 219 Å². The van der Waals surface area contributed by atoms with E-state index in [0.29, 0.717) is 11.3 Å². The number of methoxy groups -OCH3 is 1. The number of benzene rings is 1. The third kappa shape index (κ3) is 5.41. The van der Waals surface area contributed by atoms with E-state index < -0.39 is 37.6 Å². The summed E-state index contributed by atoms with van der Waals surface area (Å²) in [4.78, 5) is 22.1. The molecular formula is C25H24F3N7O3. The van der Waals surface area contributed by atoms with E-state index in [1.54, 1.807) is 24.3 Å². The molecule has 2 atom stereocenters. The fraction of sp³-hybridized carbons (Fsp3) is 0.280.